The van der Waals surface area contributed by atoms with Gasteiger partial charge in [-0.3, -0.25) is 4.79 Å². The number of esters is 1. The number of hydrogen-bond donors (Lipinski definition) is 1. The molecule has 1 heterocycles. The molecule has 0 spiro atoms. The Hall–Kier alpha value is -3.08. The molecule has 0 aliphatic rings. The summed E-state index contributed by atoms with van der Waals surface area (Å²) in [6.45, 7) is 0. The number of ether oxygens (including phenoxy) is 1. The predicted octanol–water partition coefficient (Wildman–Crippen LogP) is 2.95. The van der Waals surface area contributed by atoms with E-state index in [2.05, 4.69) is 0 Å². The van der Waals surface area contributed by atoms with Crippen molar-refractivity contribution in [3.63, 3.8) is 0 Å². The van der Waals surface area contributed by atoms with E-state index in [9.17, 15) is 14.7 Å². The summed E-state index contributed by atoms with van der Waals surface area (Å²) in [5.74, 6) is -0.565. The molecule has 2 aromatic carbocycles. The maximum atomic E-state index is 12.6. The van der Waals surface area contributed by atoms with Gasteiger partial charge < -0.3 is 14.3 Å². The number of carbonyl (C=O) groups is 1. The first-order valence-electron chi connectivity index (χ1n) is 6.55. The summed E-state index contributed by atoms with van der Waals surface area (Å²) >= 11 is 0. The normalized spacial score (nSPS) is 10.6. The summed E-state index contributed by atoms with van der Waals surface area (Å²) in [5, 5.41) is 9.68. The summed E-state index contributed by atoms with van der Waals surface area (Å²) in [5.41, 5.74) is 0.271. The smallest absolute Gasteiger partial charge is 0.345 e. The molecule has 0 radical (unpaired) electrons. The van der Waals surface area contributed by atoms with Crippen LogP contribution in [-0.4, -0.2) is 18.2 Å². The van der Waals surface area contributed by atoms with E-state index in [4.69, 9.17) is 9.15 Å². The summed E-state index contributed by atoms with van der Waals surface area (Å²) in [4.78, 5) is 24.6. The van der Waals surface area contributed by atoms with Crippen molar-refractivity contribution in [1.82, 2.24) is 0 Å². The molecule has 22 heavy (non-hydrogen) atoms. The molecule has 1 aromatic heterocycles. The molecule has 5 nitrogen and oxygen atoms in total. The van der Waals surface area contributed by atoms with E-state index in [1.54, 1.807) is 36.4 Å². The first-order valence-corrected chi connectivity index (χ1v) is 6.55. The van der Waals surface area contributed by atoms with Crippen molar-refractivity contribution in [2.24, 2.45) is 0 Å². The Morgan fingerprint density at radius 2 is 1.77 bits per heavy atom. The molecule has 0 unspecified atom stereocenters. The van der Waals surface area contributed by atoms with Gasteiger partial charge >= 0.3 is 5.97 Å². The monoisotopic (exact) mass is 296 g/mol. The molecular formula is C17H12O5. The van der Waals surface area contributed by atoms with Crippen LogP contribution in [0.4, 0.5) is 0 Å². The Morgan fingerprint density at radius 3 is 2.45 bits per heavy atom. The minimum absolute atomic E-state index is 0.0755. The van der Waals surface area contributed by atoms with Crippen molar-refractivity contribution in [3.8, 4) is 17.1 Å². The van der Waals surface area contributed by atoms with Crippen LogP contribution in [-0.2, 0) is 4.74 Å². The van der Waals surface area contributed by atoms with Crippen molar-refractivity contribution in [3.05, 3.63) is 64.3 Å². The van der Waals surface area contributed by atoms with Crippen LogP contribution < -0.4 is 5.43 Å². The maximum Gasteiger partial charge on any atom is 0.345 e. The molecule has 0 saturated heterocycles. The third kappa shape index (κ3) is 2.22. The Balaban J connectivity index is 2.39. The third-order valence-electron chi connectivity index (χ3n) is 3.32. The van der Waals surface area contributed by atoms with Crippen LogP contribution in [0.2, 0.25) is 0 Å². The fourth-order valence-corrected chi connectivity index (χ4v) is 2.25. The fraction of sp³-hybridized carbons (Fsp3) is 0.0588. The van der Waals surface area contributed by atoms with Crippen LogP contribution in [0.15, 0.2) is 57.7 Å². The van der Waals surface area contributed by atoms with E-state index in [-0.39, 0.29) is 17.1 Å². The van der Waals surface area contributed by atoms with Gasteiger partial charge in [0, 0.05) is 5.56 Å². The number of para-hydroxylation sites is 1. The van der Waals surface area contributed by atoms with Crippen LogP contribution in [0.3, 0.4) is 0 Å². The lowest BCUT2D eigenvalue weighted by molar-refractivity contribution is 0.0598. The minimum atomic E-state index is -0.762. The van der Waals surface area contributed by atoms with Crippen molar-refractivity contribution >= 4 is 16.9 Å². The highest BCUT2D eigenvalue weighted by Gasteiger charge is 2.22. The zero-order valence-electron chi connectivity index (χ0n) is 11.7. The van der Waals surface area contributed by atoms with Crippen LogP contribution in [0, 0.1) is 0 Å². The molecule has 1 N–H and O–H groups in total. The van der Waals surface area contributed by atoms with E-state index in [0.717, 1.165) is 0 Å². The molecule has 0 atom stereocenters. The molecule has 3 aromatic rings. The molecule has 0 bridgehead atoms. The number of phenolic OH excluding ortho intramolecular Hbond substituents is 1. The number of methoxy groups -OCH3 is 1. The average Bonchev–Trinajstić information content (AvgIpc) is 2.55. The predicted molar refractivity (Wildman–Crippen MR) is 80.9 cm³/mol. The maximum absolute atomic E-state index is 12.6. The van der Waals surface area contributed by atoms with Gasteiger partial charge in [0.25, 0.3) is 0 Å². The van der Waals surface area contributed by atoms with E-state index in [1.165, 1.54) is 19.2 Å². The van der Waals surface area contributed by atoms with E-state index < -0.39 is 11.4 Å². The second-order valence-electron chi connectivity index (χ2n) is 4.67. The molecule has 0 fully saturated rings. The molecule has 0 aliphatic heterocycles. The van der Waals surface area contributed by atoms with Gasteiger partial charge in [0.1, 0.15) is 11.3 Å². The van der Waals surface area contributed by atoms with Gasteiger partial charge in [0.2, 0.25) is 5.43 Å². The third-order valence-corrected chi connectivity index (χ3v) is 3.32. The lowest BCUT2D eigenvalue weighted by Gasteiger charge is -2.08. The van der Waals surface area contributed by atoms with Crippen LogP contribution in [0.25, 0.3) is 22.3 Å². The van der Waals surface area contributed by atoms with Crippen molar-refractivity contribution in [1.29, 1.82) is 0 Å². The van der Waals surface area contributed by atoms with Crippen molar-refractivity contribution < 1.29 is 19.1 Å². The zero-order chi connectivity index (χ0) is 15.7. The van der Waals surface area contributed by atoms with Gasteiger partial charge in [-0.1, -0.05) is 12.1 Å². The highest BCUT2D eigenvalue weighted by Crippen LogP contribution is 2.27. The lowest BCUT2D eigenvalue weighted by Crippen LogP contribution is -2.18. The molecule has 5 heteroatoms. The molecule has 3 rings (SSSR count). The van der Waals surface area contributed by atoms with Gasteiger partial charge in [-0.05, 0) is 36.4 Å². The Labute approximate surface area is 125 Å². The Kier molecular flexibility index (Phi) is 3.39. The zero-order valence-corrected chi connectivity index (χ0v) is 11.7. The van der Waals surface area contributed by atoms with Gasteiger partial charge in [-0.2, -0.15) is 0 Å². The summed E-state index contributed by atoms with van der Waals surface area (Å²) in [6, 6.07) is 12.7. The Morgan fingerprint density at radius 1 is 1.09 bits per heavy atom. The highest BCUT2D eigenvalue weighted by atomic mass is 16.5. The number of fused-ring (bicyclic) bond motifs is 1. The standard InChI is InChI=1S/C17H12O5/c1-21-17(20)14-15(19)12-4-2-3-5-13(12)22-16(14)10-6-8-11(18)9-7-10/h2-9,18H,1H3. The van der Waals surface area contributed by atoms with Gasteiger partial charge in [0.05, 0.1) is 12.5 Å². The molecule has 0 amide bonds. The van der Waals surface area contributed by atoms with E-state index in [1.807, 2.05) is 0 Å². The molecule has 0 aliphatic carbocycles. The Bertz CT molecular complexity index is 906. The second-order valence-corrected chi connectivity index (χ2v) is 4.67. The number of hydrogen-bond acceptors (Lipinski definition) is 5. The number of benzene rings is 2. The second kappa shape index (κ2) is 5.37. The van der Waals surface area contributed by atoms with Crippen molar-refractivity contribution in [2.45, 2.75) is 0 Å². The van der Waals surface area contributed by atoms with Crippen LogP contribution >= 0.6 is 0 Å². The SMILES string of the molecule is COC(=O)c1c(-c2ccc(O)cc2)oc2ccccc2c1=O. The highest BCUT2D eigenvalue weighted by molar-refractivity contribution is 5.99. The summed E-state index contributed by atoms with van der Waals surface area (Å²) in [7, 11) is 1.21. The number of aromatic hydroxyl groups is 1. The summed E-state index contributed by atoms with van der Waals surface area (Å²) in [6.07, 6.45) is 0. The fourth-order valence-electron chi connectivity index (χ4n) is 2.25. The first kappa shape index (κ1) is 13.9. The minimum Gasteiger partial charge on any atom is -0.508 e. The first-order chi connectivity index (χ1) is 10.6. The lowest BCUT2D eigenvalue weighted by atomic mass is 10.0. The van der Waals surface area contributed by atoms with Gasteiger partial charge in [-0.25, -0.2) is 4.79 Å². The van der Waals surface area contributed by atoms with E-state index >= 15 is 0 Å². The van der Waals surface area contributed by atoms with Crippen LogP contribution in [0.1, 0.15) is 10.4 Å². The summed E-state index contributed by atoms with van der Waals surface area (Å²) < 4.78 is 10.4. The topological polar surface area (TPSA) is 76.7 Å². The number of phenols is 1. The van der Waals surface area contributed by atoms with Crippen LogP contribution in [0.5, 0.6) is 5.75 Å². The number of carbonyl (C=O) groups excluding carboxylic acids is 1. The molecular weight excluding hydrogens is 284 g/mol. The molecule has 110 valence electrons. The van der Waals surface area contributed by atoms with Crippen molar-refractivity contribution in [2.75, 3.05) is 7.11 Å². The largest absolute Gasteiger partial charge is 0.508 e. The average molecular weight is 296 g/mol. The van der Waals surface area contributed by atoms with Gasteiger partial charge in [0.15, 0.2) is 11.3 Å². The number of rotatable bonds is 2. The van der Waals surface area contributed by atoms with Gasteiger partial charge in [-0.15, -0.1) is 0 Å². The van der Waals surface area contributed by atoms with E-state index in [0.29, 0.717) is 16.5 Å². The quantitative estimate of drug-likeness (QED) is 0.736. The molecule has 0 saturated carbocycles.